The molecule has 1 saturated heterocycles. The van der Waals surface area contributed by atoms with E-state index >= 15 is 0 Å². The fourth-order valence-electron chi connectivity index (χ4n) is 4.60. The van der Waals surface area contributed by atoms with E-state index in [0.717, 1.165) is 12.7 Å². The number of hydrogen-bond acceptors (Lipinski definition) is 10. The Morgan fingerprint density at radius 1 is 1.17 bits per heavy atom. The molecule has 1 N–H and O–H groups in total. The summed E-state index contributed by atoms with van der Waals surface area (Å²) < 4.78 is 34.2. The van der Waals surface area contributed by atoms with E-state index in [2.05, 4.69) is 6.58 Å². The second-order valence-electron chi connectivity index (χ2n) is 11.9. The van der Waals surface area contributed by atoms with E-state index in [1.165, 1.54) is 13.2 Å². The van der Waals surface area contributed by atoms with Gasteiger partial charge in [-0.2, -0.15) is 0 Å². The third-order valence-electron chi connectivity index (χ3n) is 7.40. The fraction of sp³-hybridized carbons (Fsp3) is 0.645. The van der Waals surface area contributed by atoms with Gasteiger partial charge in [0.2, 0.25) is 5.79 Å². The lowest BCUT2D eigenvalue weighted by Crippen LogP contribution is -2.64. The molecule has 1 fully saturated rings. The predicted octanol–water partition coefficient (Wildman–Crippen LogP) is 3.98. The number of Topliss-reactive ketones (excluding diaryl/α,β-unsaturated/α-hetero) is 1. The Kier molecular flexibility index (Phi) is 12.2. The quantitative estimate of drug-likeness (QED) is 0.150. The van der Waals surface area contributed by atoms with Crippen molar-refractivity contribution in [3.05, 3.63) is 48.6 Å². The number of hydrogen-bond donors (Lipinski definition) is 1. The number of esters is 2. The number of ether oxygens (including phenoxy) is 6. The van der Waals surface area contributed by atoms with Crippen molar-refractivity contribution in [2.75, 3.05) is 21.0 Å². The highest BCUT2D eigenvalue weighted by Crippen LogP contribution is 2.45. The smallest absolute Gasteiger partial charge is 0.335 e. The zero-order valence-corrected chi connectivity index (χ0v) is 25.5. The number of benzene rings is 1. The van der Waals surface area contributed by atoms with Crippen molar-refractivity contribution in [1.82, 2.24) is 0 Å². The number of carbonyl (C=O) groups excluding carboxylic acids is 3. The highest BCUT2D eigenvalue weighted by molar-refractivity contribution is 5.94. The summed E-state index contributed by atoms with van der Waals surface area (Å²) in [6.07, 6.45) is -2.43. The van der Waals surface area contributed by atoms with Gasteiger partial charge in [-0.3, -0.25) is 9.59 Å². The van der Waals surface area contributed by atoms with Crippen molar-refractivity contribution < 1.29 is 47.9 Å². The minimum atomic E-state index is -1.88. The van der Waals surface area contributed by atoms with Gasteiger partial charge in [0.25, 0.3) is 0 Å². The summed E-state index contributed by atoms with van der Waals surface area (Å²) in [6.45, 7) is 14.5. The Morgan fingerprint density at radius 3 is 2.34 bits per heavy atom. The molecule has 10 heteroatoms. The molecule has 0 bridgehead atoms. The molecule has 41 heavy (non-hydrogen) atoms. The average molecular weight is 579 g/mol. The third kappa shape index (κ3) is 8.45. The summed E-state index contributed by atoms with van der Waals surface area (Å²) in [7, 11) is 2.45. The van der Waals surface area contributed by atoms with Crippen LogP contribution in [-0.2, 0) is 49.4 Å². The van der Waals surface area contributed by atoms with Crippen LogP contribution in [0.4, 0.5) is 0 Å². The van der Waals surface area contributed by atoms with Crippen molar-refractivity contribution in [1.29, 1.82) is 0 Å². The van der Waals surface area contributed by atoms with Gasteiger partial charge in [0, 0.05) is 18.9 Å². The molecule has 0 amide bonds. The molecule has 0 spiro atoms. The number of ketones is 1. The van der Waals surface area contributed by atoms with Crippen LogP contribution in [0.15, 0.2) is 43.0 Å². The van der Waals surface area contributed by atoms with Gasteiger partial charge in [0.15, 0.2) is 11.9 Å². The first kappa shape index (κ1) is 34.6. The van der Waals surface area contributed by atoms with E-state index in [4.69, 9.17) is 28.4 Å². The predicted molar refractivity (Wildman–Crippen MR) is 150 cm³/mol. The van der Waals surface area contributed by atoms with E-state index < -0.39 is 64.7 Å². The molecular formula is C31H46O10. The van der Waals surface area contributed by atoms with Crippen LogP contribution in [0, 0.1) is 16.7 Å². The molecule has 1 aromatic rings. The highest BCUT2D eigenvalue weighted by atomic mass is 16.7. The summed E-state index contributed by atoms with van der Waals surface area (Å²) in [6, 6.07) is 9.62. The van der Waals surface area contributed by atoms with Crippen LogP contribution >= 0.6 is 0 Å². The molecule has 0 saturated carbocycles. The Morgan fingerprint density at radius 2 is 1.80 bits per heavy atom. The minimum absolute atomic E-state index is 0.0474. The van der Waals surface area contributed by atoms with Crippen molar-refractivity contribution in [2.45, 2.75) is 91.2 Å². The van der Waals surface area contributed by atoms with Gasteiger partial charge >= 0.3 is 11.9 Å². The Bertz CT molecular complexity index is 1030. The van der Waals surface area contributed by atoms with Gasteiger partial charge in [-0.05, 0) is 39.7 Å². The maximum atomic E-state index is 13.7. The maximum absolute atomic E-state index is 13.7. The van der Waals surface area contributed by atoms with Gasteiger partial charge in [-0.1, -0.05) is 50.3 Å². The SMILES string of the molecule is C=CC(C)(C)[C@]1(OC)O[C@H](C[C@@H](OC(=O)C(C)(C)C)[C@@H](C)OCOCc2ccccc2)CC(C(O)C(=O)OC)C1=O. The lowest BCUT2D eigenvalue weighted by atomic mass is 9.72. The molecule has 2 unspecified atom stereocenters. The number of aliphatic hydroxyl groups is 1. The van der Waals surface area contributed by atoms with Crippen molar-refractivity contribution in [3.63, 3.8) is 0 Å². The Labute approximate surface area is 243 Å². The molecule has 230 valence electrons. The molecular weight excluding hydrogens is 532 g/mol. The monoisotopic (exact) mass is 578 g/mol. The van der Waals surface area contributed by atoms with E-state index in [0.29, 0.717) is 6.61 Å². The van der Waals surface area contributed by atoms with Crippen LogP contribution < -0.4 is 0 Å². The van der Waals surface area contributed by atoms with E-state index in [9.17, 15) is 19.5 Å². The normalized spacial score (nSPS) is 23.8. The van der Waals surface area contributed by atoms with Gasteiger partial charge < -0.3 is 33.5 Å². The second-order valence-corrected chi connectivity index (χ2v) is 11.9. The van der Waals surface area contributed by atoms with Crippen molar-refractivity contribution in [3.8, 4) is 0 Å². The van der Waals surface area contributed by atoms with Crippen molar-refractivity contribution in [2.24, 2.45) is 16.7 Å². The molecule has 1 aliphatic heterocycles. The first-order valence-corrected chi connectivity index (χ1v) is 13.7. The lowest BCUT2D eigenvalue weighted by Gasteiger charge is -2.50. The molecule has 1 aromatic carbocycles. The lowest BCUT2D eigenvalue weighted by molar-refractivity contribution is -0.294. The van der Waals surface area contributed by atoms with Crippen LogP contribution in [0.5, 0.6) is 0 Å². The zero-order valence-electron chi connectivity index (χ0n) is 25.5. The molecule has 0 aromatic heterocycles. The topological polar surface area (TPSA) is 127 Å². The standard InChI is InChI=1S/C31H46O10/c1-10-30(6,7)31(37-9)26(33)23(25(32)27(34)36-8)16-22(41-31)17-24(40-28(35)29(3,4)5)20(2)39-19-38-18-21-14-12-11-13-15-21/h10-15,20,22-25,32H,1,16-19H2,2-9H3/t20-,22+,23?,24-,25?,31-/m1/s1. The fourth-order valence-corrected chi connectivity index (χ4v) is 4.60. The highest BCUT2D eigenvalue weighted by Gasteiger charge is 2.60. The summed E-state index contributed by atoms with van der Waals surface area (Å²) in [5.41, 5.74) is -0.873. The maximum Gasteiger partial charge on any atom is 0.335 e. The van der Waals surface area contributed by atoms with Crippen LogP contribution in [0.1, 0.15) is 59.9 Å². The van der Waals surface area contributed by atoms with Gasteiger partial charge in [-0.15, -0.1) is 6.58 Å². The van der Waals surface area contributed by atoms with E-state index in [1.54, 1.807) is 41.5 Å². The molecule has 0 aliphatic carbocycles. The molecule has 6 atom stereocenters. The summed E-state index contributed by atoms with van der Waals surface area (Å²) in [5.74, 6) is -5.09. The third-order valence-corrected chi connectivity index (χ3v) is 7.40. The van der Waals surface area contributed by atoms with Crippen LogP contribution in [-0.4, -0.2) is 74.0 Å². The van der Waals surface area contributed by atoms with Gasteiger partial charge in [0.05, 0.1) is 37.3 Å². The largest absolute Gasteiger partial charge is 0.467 e. The summed E-state index contributed by atoms with van der Waals surface area (Å²) >= 11 is 0. The molecule has 1 aliphatic rings. The minimum Gasteiger partial charge on any atom is -0.467 e. The average Bonchev–Trinajstić information content (AvgIpc) is 2.94. The van der Waals surface area contributed by atoms with E-state index in [-0.39, 0.29) is 19.6 Å². The number of aliphatic hydroxyl groups excluding tert-OH is 1. The van der Waals surface area contributed by atoms with Crippen molar-refractivity contribution >= 4 is 17.7 Å². The summed E-state index contributed by atoms with van der Waals surface area (Å²) in [4.78, 5) is 38.9. The molecule has 2 rings (SSSR count). The molecule has 10 nitrogen and oxygen atoms in total. The Balaban J connectivity index is 2.33. The van der Waals surface area contributed by atoms with Gasteiger partial charge in [0.1, 0.15) is 12.9 Å². The number of methoxy groups -OCH3 is 2. The van der Waals surface area contributed by atoms with Crippen LogP contribution in [0.3, 0.4) is 0 Å². The van der Waals surface area contributed by atoms with Gasteiger partial charge in [-0.25, -0.2) is 4.79 Å². The Hall–Kier alpha value is -2.63. The first-order valence-electron chi connectivity index (χ1n) is 13.7. The molecule has 1 heterocycles. The second kappa shape index (κ2) is 14.5. The number of carbonyl (C=O) groups is 3. The summed E-state index contributed by atoms with van der Waals surface area (Å²) in [5, 5.41) is 10.8. The van der Waals surface area contributed by atoms with Crippen LogP contribution in [0.25, 0.3) is 0 Å². The van der Waals surface area contributed by atoms with E-state index in [1.807, 2.05) is 30.3 Å². The zero-order chi connectivity index (χ0) is 31.0. The van der Waals surface area contributed by atoms with Crippen LogP contribution in [0.2, 0.25) is 0 Å². The number of rotatable bonds is 14. The first-order chi connectivity index (χ1) is 19.1. The molecule has 0 radical (unpaired) electrons.